The molecule has 1 heterocycles. The van der Waals surface area contributed by atoms with Gasteiger partial charge in [0.25, 0.3) is 5.69 Å². The normalized spacial score (nSPS) is 10.8. The van der Waals surface area contributed by atoms with Crippen molar-refractivity contribution in [3.05, 3.63) is 101 Å². The lowest BCUT2D eigenvalue weighted by atomic mass is 10.1. The molecule has 0 radical (unpaired) electrons. The lowest BCUT2D eigenvalue weighted by molar-refractivity contribution is -0.384. The van der Waals surface area contributed by atoms with Crippen LogP contribution in [0.4, 0.5) is 11.6 Å². The molecule has 0 saturated heterocycles. The van der Waals surface area contributed by atoms with E-state index in [1.54, 1.807) is 0 Å². The van der Waals surface area contributed by atoms with Crippen molar-refractivity contribution in [2.24, 2.45) is 5.10 Å². The van der Waals surface area contributed by atoms with Gasteiger partial charge < -0.3 is 5.11 Å². The first-order valence-corrected chi connectivity index (χ1v) is 9.36. The fourth-order valence-corrected chi connectivity index (χ4v) is 2.93. The number of nitrogens with zero attached hydrogens (tertiary/aromatic N) is 4. The standard InChI is InChI=1S/C23H17N5O3/c29-22-12-11-19(28(30)31)13-18(22)15-24-27-23-25-20(16-7-3-1-4-8-16)14-21(26-23)17-9-5-2-6-10-17/h1-15,29H,(H,25,26,27)/b24-15+. The molecule has 152 valence electrons. The van der Waals surface area contributed by atoms with Crippen molar-refractivity contribution >= 4 is 17.9 Å². The molecule has 0 aliphatic carbocycles. The van der Waals surface area contributed by atoms with Crippen molar-refractivity contribution in [1.82, 2.24) is 9.97 Å². The molecule has 0 atom stereocenters. The van der Waals surface area contributed by atoms with Crippen molar-refractivity contribution in [3.8, 4) is 28.3 Å². The van der Waals surface area contributed by atoms with Gasteiger partial charge in [0, 0.05) is 28.8 Å². The van der Waals surface area contributed by atoms with Gasteiger partial charge in [-0.15, -0.1) is 0 Å². The maximum atomic E-state index is 10.9. The smallest absolute Gasteiger partial charge is 0.270 e. The monoisotopic (exact) mass is 411 g/mol. The summed E-state index contributed by atoms with van der Waals surface area (Å²) in [7, 11) is 0. The van der Waals surface area contributed by atoms with Gasteiger partial charge in [-0.2, -0.15) is 5.10 Å². The van der Waals surface area contributed by atoms with E-state index in [1.165, 1.54) is 24.4 Å². The number of phenolic OH excluding ortho intramolecular Hbond substituents is 1. The molecule has 8 nitrogen and oxygen atoms in total. The fraction of sp³-hybridized carbons (Fsp3) is 0. The average Bonchev–Trinajstić information content (AvgIpc) is 2.81. The minimum absolute atomic E-state index is 0.125. The molecule has 0 fully saturated rings. The van der Waals surface area contributed by atoms with Gasteiger partial charge in [0.05, 0.1) is 22.5 Å². The number of phenols is 1. The van der Waals surface area contributed by atoms with Gasteiger partial charge in [-0.05, 0) is 12.1 Å². The summed E-state index contributed by atoms with van der Waals surface area (Å²) in [5.74, 6) is 0.126. The first-order valence-electron chi connectivity index (χ1n) is 9.36. The zero-order valence-electron chi connectivity index (χ0n) is 16.2. The molecule has 0 unspecified atom stereocenters. The third-order valence-corrected chi connectivity index (χ3v) is 4.46. The van der Waals surface area contributed by atoms with E-state index in [-0.39, 0.29) is 22.9 Å². The number of non-ortho nitro benzene ring substituents is 1. The maximum absolute atomic E-state index is 10.9. The second-order valence-electron chi connectivity index (χ2n) is 6.56. The molecule has 8 heteroatoms. The fourth-order valence-electron chi connectivity index (χ4n) is 2.93. The van der Waals surface area contributed by atoms with Crippen LogP contribution in [0.25, 0.3) is 22.5 Å². The predicted octanol–water partition coefficient (Wildman–Crippen LogP) is 4.87. The lowest BCUT2D eigenvalue weighted by Gasteiger charge is -2.08. The van der Waals surface area contributed by atoms with Crippen LogP contribution in [0.5, 0.6) is 5.75 Å². The number of rotatable bonds is 6. The molecule has 2 N–H and O–H groups in total. The summed E-state index contributed by atoms with van der Waals surface area (Å²) < 4.78 is 0. The number of anilines is 1. The Labute approximate surface area is 177 Å². The summed E-state index contributed by atoms with van der Waals surface area (Å²) in [6.07, 6.45) is 1.28. The Balaban J connectivity index is 1.67. The van der Waals surface area contributed by atoms with Gasteiger partial charge in [-0.1, -0.05) is 60.7 Å². The van der Waals surface area contributed by atoms with Gasteiger partial charge in [-0.3, -0.25) is 10.1 Å². The molecule has 0 aliphatic rings. The first kappa shape index (κ1) is 19.7. The van der Waals surface area contributed by atoms with E-state index in [4.69, 9.17) is 0 Å². The van der Waals surface area contributed by atoms with Crippen LogP contribution in [0, 0.1) is 10.1 Å². The van der Waals surface area contributed by atoms with E-state index in [0.29, 0.717) is 11.4 Å². The highest BCUT2D eigenvalue weighted by Gasteiger charge is 2.10. The molecule has 0 bridgehead atoms. The van der Waals surface area contributed by atoms with Crippen LogP contribution in [0.1, 0.15) is 5.56 Å². The molecule has 3 aromatic carbocycles. The van der Waals surface area contributed by atoms with Crippen LogP contribution in [0.3, 0.4) is 0 Å². The van der Waals surface area contributed by atoms with Gasteiger partial charge in [-0.25, -0.2) is 15.4 Å². The molecule has 0 amide bonds. The Morgan fingerprint density at radius 1 is 0.871 bits per heavy atom. The highest BCUT2D eigenvalue weighted by molar-refractivity contribution is 5.85. The van der Waals surface area contributed by atoms with Crippen LogP contribution in [-0.2, 0) is 0 Å². The summed E-state index contributed by atoms with van der Waals surface area (Å²) >= 11 is 0. The molecule has 4 rings (SSSR count). The second kappa shape index (κ2) is 8.83. The molecule has 1 aromatic heterocycles. The van der Waals surface area contributed by atoms with Crippen molar-refractivity contribution < 1.29 is 10.0 Å². The second-order valence-corrected chi connectivity index (χ2v) is 6.56. The van der Waals surface area contributed by atoms with Crippen LogP contribution >= 0.6 is 0 Å². The Bertz CT molecular complexity index is 1190. The largest absolute Gasteiger partial charge is 0.507 e. The van der Waals surface area contributed by atoms with Gasteiger partial charge >= 0.3 is 0 Å². The third-order valence-electron chi connectivity index (χ3n) is 4.46. The molecule has 4 aromatic rings. The van der Waals surface area contributed by atoms with E-state index in [9.17, 15) is 15.2 Å². The number of aromatic hydroxyl groups is 1. The van der Waals surface area contributed by atoms with Crippen molar-refractivity contribution in [2.75, 3.05) is 5.43 Å². The maximum Gasteiger partial charge on any atom is 0.270 e. The van der Waals surface area contributed by atoms with E-state index >= 15 is 0 Å². The highest BCUT2D eigenvalue weighted by atomic mass is 16.6. The quantitative estimate of drug-likeness (QED) is 0.266. The number of nitro groups is 1. The topological polar surface area (TPSA) is 114 Å². The van der Waals surface area contributed by atoms with Crippen LogP contribution < -0.4 is 5.43 Å². The molecule has 0 spiro atoms. The SMILES string of the molecule is O=[N+]([O-])c1ccc(O)c(/C=N/Nc2nc(-c3ccccc3)cc(-c3ccccc3)n2)c1. The Kier molecular flexibility index (Phi) is 5.62. The summed E-state index contributed by atoms with van der Waals surface area (Å²) in [4.78, 5) is 19.5. The van der Waals surface area contributed by atoms with Gasteiger partial charge in [0.15, 0.2) is 0 Å². The number of aromatic nitrogens is 2. The minimum atomic E-state index is -0.539. The van der Waals surface area contributed by atoms with E-state index in [2.05, 4.69) is 20.5 Å². The van der Waals surface area contributed by atoms with Crippen LogP contribution in [0.2, 0.25) is 0 Å². The van der Waals surface area contributed by atoms with Crippen LogP contribution in [-0.4, -0.2) is 26.2 Å². The van der Waals surface area contributed by atoms with Crippen LogP contribution in [0.15, 0.2) is 90.0 Å². The van der Waals surface area contributed by atoms with Crippen molar-refractivity contribution in [3.63, 3.8) is 0 Å². The molecular formula is C23H17N5O3. The average molecular weight is 411 g/mol. The molecule has 0 aliphatic heterocycles. The summed E-state index contributed by atoms with van der Waals surface area (Å²) in [5.41, 5.74) is 6.08. The lowest BCUT2D eigenvalue weighted by Crippen LogP contribution is -2.00. The van der Waals surface area contributed by atoms with E-state index in [0.717, 1.165) is 11.1 Å². The van der Waals surface area contributed by atoms with Crippen molar-refractivity contribution in [1.29, 1.82) is 0 Å². The summed E-state index contributed by atoms with van der Waals surface area (Å²) in [5, 5.41) is 24.9. The minimum Gasteiger partial charge on any atom is -0.507 e. The number of hydrogen-bond acceptors (Lipinski definition) is 7. The zero-order valence-corrected chi connectivity index (χ0v) is 16.2. The number of benzene rings is 3. The molecular weight excluding hydrogens is 394 g/mol. The number of nitrogens with one attached hydrogen (secondary N) is 1. The molecule has 0 saturated carbocycles. The Morgan fingerprint density at radius 2 is 1.45 bits per heavy atom. The third kappa shape index (κ3) is 4.70. The number of hydrogen-bond donors (Lipinski definition) is 2. The van der Waals surface area contributed by atoms with E-state index in [1.807, 2.05) is 66.7 Å². The Hall–Kier alpha value is -4.59. The van der Waals surface area contributed by atoms with Gasteiger partial charge in [0.2, 0.25) is 5.95 Å². The Morgan fingerprint density at radius 3 is 2.00 bits per heavy atom. The number of hydrazone groups is 1. The van der Waals surface area contributed by atoms with Gasteiger partial charge in [0.1, 0.15) is 5.75 Å². The molecule has 31 heavy (non-hydrogen) atoms. The summed E-state index contributed by atoms with van der Waals surface area (Å²) in [6.45, 7) is 0. The first-order chi connectivity index (χ1) is 15.1. The van der Waals surface area contributed by atoms with Crippen molar-refractivity contribution in [2.45, 2.75) is 0 Å². The summed E-state index contributed by atoms with van der Waals surface area (Å²) in [6, 6.07) is 25.0. The predicted molar refractivity (Wildman–Crippen MR) is 119 cm³/mol. The number of nitro benzene ring substituents is 1. The van der Waals surface area contributed by atoms with E-state index < -0.39 is 4.92 Å². The highest BCUT2D eigenvalue weighted by Crippen LogP contribution is 2.25. The zero-order chi connectivity index (χ0) is 21.6.